The molecule has 16 heavy (non-hydrogen) atoms. The third-order valence-corrected chi connectivity index (χ3v) is 2.16. The lowest BCUT2D eigenvalue weighted by atomic mass is 10.3. The molecule has 0 aliphatic rings. The number of nitrogens with one attached hydrogen (secondary N) is 1. The van der Waals surface area contributed by atoms with Crippen LogP contribution >= 0.6 is 12.4 Å². The smallest absolute Gasteiger partial charge is 0.117 e. The summed E-state index contributed by atoms with van der Waals surface area (Å²) in [6.07, 6.45) is 5.13. The standard InChI is InChI=1S/C12H21NO2.ClH/c1-2-3-8-14-9-5-7-13-11-12-6-4-10-15-12;/h4,6,10,13H,2-3,5,7-9,11H2,1H3;1H. The number of rotatable bonds is 9. The minimum atomic E-state index is 0. The first-order chi connectivity index (χ1) is 7.43. The van der Waals surface area contributed by atoms with E-state index in [-0.39, 0.29) is 12.4 Å². The number of ether oxygens (including phenoxy) is 1. The predicted molar refractivity (Wildman–Crippen MR) is 68.0 cm³/mol. The van der Waals surface area contributed by atoms with Gasteiger partial charge in [0.25, 0.3) is 0 Å². The van der Waals surface area contributed by atoms with E-state index in [4.69, 9.17) is 9.15 Å². The van der Waals surface area contributed by atoms with Gasteiger partial charge in [0.05, 0.1) is 12.8 Å². The zero-order chi connectivity index (χ0) is 10.8. The fourth-order valence-corrected chi connectivity index (χ4v) is 1.27. The topological polar surface area (TPSA) is 34.4 Å². The molecule has 0 bridgehead atoms. The largest absolute Gasteiger partial charge is 0.468 e. The van der Waals surface area contributed by atoms with Gasteiger partial charge in [0.1, 0.15) is 5.76 Å². The van der Waals surface area contributed by atoms with Crippen LogP contribution in [0.2, 0.25) is 0 Å². The van der Waals surface area contributed by atoms with Gasteiger partial charge in [-0.25, -0.2) is 0 Å². The second kappa shape index (κ2) is 11.0. The van der Waals surface area contributed by atoms with Crippen molar-refractivity contribution in [2.75, 3.05) is 19.8 Å². The molecule has 3 nitrogen and oxygen atoms in total. The minimum absolute atomic E-state index is 0. The summed E-state index contributed by atoms with van der Waals surface area (Å²) >= 11 is 0. The number of hydrogen-bond donors (Lipinski definition) is 1. The number of halogens is 1. The van der Waals surface area contributed by atoms with Gasteiger partial charge in [0, 0.05) is 13.2 Å². The molecule has 0 fully saturated rings. The molecule has 1 N–H and O–H groups in total. The molecule has 0 aliphatic heterocycles. The molecular weight excluding hydrogens is 226 g/mol. The van der Waals surface area contributed by atoms with Crippen molar-refractivity contribution >= 4 is 12.4 Å². The molecule has 1 heterocycles. The Labute approximate surface area is 104 Å². The summed E-state index contributed by atoms with van der Waals surface area (Å²) in [5, 5.41) is 3.30. The molecule has 94 valence electrons. The Hall–Kier alpha value is -0.510. The monoisotopic (exact) mass is 247 g/mol. The first-order valence-electron chi connectivity index (χ1n) is 5.74. The third kappa shape index (κ3) is 7.74. The molecule has 0 aliphatic carbocycles. The zero-order valence-corrected chi connectivity index (χ0v) is 10.7. The molecule has 0 amide bonds. The van der Waals surface area contributed by atoms with Crippen molar-refractivity contribution in [3.8, 4) is 0 Å². The minimum Gasteiger partial charge on any atom is -0.468 e. The number of furan rings is 1. The lowest BCUT2D eigenvalue weighted by Gasteiger charge is -2.04. The van der Waals surface area contributed by atoms with E-state index in [1.807, 2.05) is 12.1 Å². The first kappa shape index (κ1) is 15.5. The quantitative estimate of drug-likeness (QED) is 0.682. The molecule has 0 aromatic carbocycles. The van der Waals surface area contributed by atoms with Gasteiger partial charge in [-0.15, -0.1) is 12.4 Å². The van der Waals surface area contributed by atoms with Crippen LogP contribution in [0.25, 0.3) is 0 Å². The van der Waals surface area contributed by atoms with Crippen LogP contribution in [0.1, 0.15) is 31.9 Å². The lowest BCUT2D eigenvalue weighted by molar-refractivity contribution is 0.128. The third-order valence-electron chi connectivity index (χ3n) is 2.16. The maximum Gasteiger partial charge on any atom is 0.117 e. The number of unbranched alkanes of at least 4 members (excludes halogenated alkanes) is 1. The van der Waals surface area contributed by atoms with Gasteiger partial charge in [-0.3, -0.25) is 0 Å². The van der Waals surface area contributed by atoms with Crippen LogP contribution in [0.15, 0.2) is 22.8 Å². The lowest BCUT2D eigenvalue weighted by Crippen LogP contribution is -2.16. The van der Waals surface area contributed by atoms with Crippen molar-refractivity contribution < 1.29 is 9.15 Å². The molecule has 0 spiro atoms. The molecule has 1 rings (SSSR count). The van der Waals surface area contributed by atoms with Crippen LogP contribution in [-0.2, 0) is 11.3 Å². The van der Waals surface area contributed by atoms with E-state index in [1.54, 1.807) is 6.26 Å². The van der Waals surface area contributed by atoms with E-state index in [0.717, 1.165) is 38.5 Å². The van der Waals surface area contributed by atoms with Gasteiger partial charge in [-0.2, -0.15) is 0 Å². The van der Waals surface area contributed by atoms with Gasteiger partial charge < -0.3 is 14.5 Å². The van der Waals surface area contributed by atoms with Gasteiger partial charge >= 0.3 is 0 Å². The molecule has 0 atom stereocenters. The van der Waals surface area contributed by atoms with Crippen molar-refractivity contribution in [2.24, 2.45) is 0 Å². The normalized spacial score (nSPS) is 10.1. The van der Waals surface area contributed by atoms with Crippen molar-refractivity contribution in [3.05, 3.63) is 24.2 Å². The van der Waals surface area contributed by atoms with Crippen molar-refractivity contribution in [2.45, 2.75) is 32.7 Å². The van der Waals surface area contributed by atoms with Crippen LogP contribution in [0.5, 0.6) is 0 Å². The van der Waals surface area contributed by atoms with E-state index in [1.165, 1.54) is 12.8 Å². The average Bonchev–Trinajstić information content (AvgIpc) is 2.75. The molecule has 0 unspecified atom stereocenters. The molecule has 1 aromatic heterocycles. The first-order valence-corrected chi connectivity index (χ1v) is 5.74. The molecule has 1 aromatic rings. The highest BCUT2D eigenvalue weighted by atomic mass is 35.5. The van der Waals surface area contributed by atoms with E-state index < -0.39 is 0 Å². The van der Waals surface area contributed by atoms with Crippen molar-refractivity contribution in [1.82, 2.24) is 5.32 Å². The Balaban J connectivity index is 0.00000225. The highest BCUT2D eigenvalue weighted by molar-refractivity contribution is 5.85. The second-order valence-electron chi connectivity index (χ2n) is 3.58. The summed E-state index contributed by atoms with van der Waals surface area (Å²) in [5.74, 6) is 0.988. The summed E-state index contributed by atoms with van der Waals surface area (Å²) in [6, 6.07) is 3.88. The van der Waals surface area contributed by atoms with Crippen LogP contribution in [0.4, 0.5) is 0 Å². The van der Waals surface area contributed by atoms with Crippen LogP contribution in [0.3, 0.4) is 0 Å². The summed E-state index contributed by atoms with van der Waals surface area (Å²) in [5.41, 5.74) is 0. The highest BCUT2D eigenvalue weighted by Gasteiger charge is 1.94. The van der Waals surface area contributed by atoms with Crippen molar-refractivity contribution in [1.29, 1.82) is 0 Å². The van der Waals surface area contributed by atoms with Crippen LogP contribution in [0, 0.1) is 0 Å². The summed E-state index contributed by atoms with van der Waals surface area (Å²) < 4.78 is 10.6. The van der Waals surface area contributed by atoms with E-state index in [2.05, 4.69) is 12.2 Å². The fourth-order valence-electron chi connectivity index (χ4n) is 1.27. The van der Waals surface area contributed by atoms with Crippen LogP contribution < -0.4 is 5.32 Å². The zero-order valence-electron chi connectivity index (χ0n) is 9.91. The van der Waals surface area contributed by atoms with Crippen molar-refractivity contribution in [3.63, 3.8) is 0 Å². The summed E-state index contributed by atoms with van der Waals surface area (Å²) in [6.45, 7) is 5.71. The van der Waals surface area contributed by atoms with Gasteiger partial charge in [-0.05, 0) is 31.5 Å². The Morgan fingerprint density at radius 1 is 1.31 bits per heavy atom. The molecular formula is C12H22ClNO2. The maximum absolute atomic E-state index is 5.45. The van der Waals surface area contributed by atoms with E-state index in [9.17, 15) is 0 Å². The van der Waals surface area contributed by atoms with Gasteiger partial charge in [0.2, 0.25) is 0 Å². The van der Waals surface area contributed by atoms with Gasteiger partial charge in [-0.1, -0.05) is 13.3 Å². The Morgan fingerprint density at radius 2 is 2.12 bits per heavy atom. The SMILES string of the molecule is CCCCOCCCNCc1ccco1.Cl. The molecule has 4 heteroatoms. The molecule has 0 saturated carbocycles. The predicted octanol–water partition coefficient (Wildman–Crippen LogP) is 3.00. The van der Waals surface area contributed by atoms with E-state index in [0.29, 0.717) is 0 Å². The summed E-state index contributed by atoms with van der Waals surface area (Å²) in [7, 11) is 0. The number of hydrogen-bond acceptors (Lipinski definition) is 3. The highest BCUT2D eigenvalue weighted by Crippen LogP contribution is 1.98. The van der Waals surface area contributed by atoms with Gasteiger partial charge in [0.15, 0.2) is 0 Å². The average molecular weight is 248 g/mol. The Kier molecular flexibility index (Phi) is 10.6. The molecule has 0 saturated heterocycles. The fraction of sp³-hybridized carbons (Fsp3) is 0.667. The Morgan fingerprint density at radius 3 is 2.81 bits per heavy atom. The van der Waals surface area contributed by atoms with Crippen LogP contribution in [-0.4, -0.2) is 19.8 Å². The second-order valence-corrected chi connectivity index (χ2v) is 3.58. The maximum atomic E-state index is 5.45. The Bertz CT molecular complexity index is 227. The summed E-state index contributed by atoms with van der Waals surface area (Å²) in [4.78, 5) is 0. The molecule has 0 radical (unpaired) electrons. The van der Waals surface area contributed by atoms with E-state index >= 15 is 0 Å².